The van der Waals surface area contributed by atoms with Crippen LogP contribution in [0.25, 0.3) is 5.57 Å². The van der Waals surface area contributed by atoms with Crippen LogP contribution in [0, 0.1) is 0 Å². The Morgan fingerprint density at radius 1 is 1.27 bits per heavy atom. The van der Waals surface area contributed by atoms with Crippen molar-refractivity contribution in [3.05, 3.63) is 35.7 Å². The first kappa shape index (κ1) is 10.4. The molecule has 1 heteroatoms. The first-order valence-corrected chi connectivity index (χ1v) is 5.92. The molecule has 0 fully saturated rings. The van der Waals surface area contributed by atoms with Gasteiger partial charge in [0.05, 0.1) is 0 Å². The van der Waals surface area contributed by atoms with Crippen molar-refractivity contribution in [2.45, 2.75) is 45.4 Å². The van der Waals surface area contributed by atoms with Crippen LogP contribution in [0.4, 0.5) is 0 Å². The van der Waals surface area contributed by atoms with Crippen molar-refractivity contribution in [2.75, 3.05) is 0 Å². The molecule has 0 saturated heterocycles. The van der Waals surface area contributed by atoms with Gasteiger partial charge in [-0.3, -0.25) is 4.98 Å². The molecule has 0 atom stereocenters. The summed E-state index contributed by atoms with van der Waals surface area (Å²) in [5.41, 5.74) is 4.34. The summed E-state index contributed by atoms with van der Waals surface area (Å²) in [6, 6.07) is 2.16. The van der Waals surface area contributed by atoms with Crippen LogP contribution in [0.2, 0.25) is 0 Å². The minimum atomic E-state index is 0.589. The summed E-state index contributed by atoms with van der Waals surface area (Å²) in [6.45, 7) is 4.50. The average Bonchev–Trinajstić information content (AvgIpc) is 2.30. The number of pyridine rings is 1. The fraction of sp³-hybridized carbons (Fsp3) is 0.500. The van der Waals surface area contributed by atoms with Gasteiger partial charge in [-0.1, -0.05) is 19.9 Å². The van der Waals surface area contributed by atoms with E-state index in [4.69, 9.17) is 0 Å². The molecular weight excluding hydrogens is 182 g/mol. The normalized spacial score (nSPS) is 16.6. The number of hydrogen-bond donors (Lipinski definition) is 0. The van der Waals surface area contributed by atoms with E-state index in [9.17, 15) is 0 Å². The largest absolute Gasteiger partial charge is 0.264 e. The van der Waals surface area contributed by atoms with Crippen LogP contribution in [0.1, 0.15) is 56.6 Å². The first-order valence-electron chi connectivity index (χ1n) is 5.92. The van der Waals surface area contributed by atoms with Crippen molar-refractivity contribution < 1.29 is 0 Å². The third-order valence-corrected chi connectivity index (χ3v) is 3.11. The van der Waals surface area contributed by atoms with Gasteiger partial charge in [0.2, 0.25) is 0 Å². The number of rotatable bonds is 2. The van der Waals surface area contributed by atoms with Crippen molar-refractivity contribution in [3.63, 3.8) is 0 Å². The van der Waals surface area contributed by atoms with Crippen LogP contribution < -0.4 is 0 Å². The highest BCUT2D eigenvalue weighted by Gasteiger charge is 2.12. The Hall–Kier alpha value is -1.11. The van der Waals surface area contributed by atoms with E-state index < -0.39 is 0 Å². The molecule has 15 heavy (non-hydrogen) atoms. The zero-order valence-electron chi connectivity index (χ0n) is 9.66. The van der Waals surface area contributed by atoms with Crippen molar-refractivity contribution in [1.82, 2.24) is 4.98 Å². The molecular formula is C14H19N. The predicted molar refractivity (Wildman–Crippen MR) is 64.8 cm³/mol. The lowest BCUT2D eigenvalue weighted by Gasteiger charge is -2.17. The van der Waals surface area contributed by atoms with Crippen LogP contribution >= 0.6 is 0 Å². The maximum absolute atomic E-state index is 4.26. The van der Waals surface area contributed by atoms with Gasteiger partial charge in [0.1, 0.15) is 0 Å². The Morgan fingerprint density at radius 2 is 2.13 bits per heavy atom. The molecule has 2 rings (SSSR count). The second-order valence-electron chi connectivity index (χ2n) is 4.59. The number of allylic oxidation sites excluding steroid dienone is 2. The van der Waals surface area contributed by atoms with E-state index in [0.29, 0.717) is 5.92 Å². The Balaban J connectivity index is 2.38. The zero-order chi connectivity index (χ0) is 10.7. The van der Waals surface area contributed by atoms with E-state index in [1.165, 1.54) is 42.4 Å². The Labute approximate surface area is 92.2 Å². The molecule has 1 aliphatic rings. The molecule has 0 aliphatic heterocycles. The third-order valence-electron chi connectivity index (χ3n) is 3.11. The minimum Gasteiger partial charge on any atom is -0.264 e. The van der Waals surface area contributed by atoms with E-state index in [1.807, 2.05) is 12.4 Å². The van der Waals surface area contributed by atoms with Crippen LogP contribution in [0.5, 0.6) is 0 Å². The van der Waals surface area contributed by atoms with E-state index >= 15 is 0 Å². The molecule has 0 unspecified atom stereocenters. The number of hydrogen-bond acceptors (Lipinski definition) is 1. The van der Waals surface area contributed by atoms with Crippen LogP contribution in [0.15, 0.2) is 24.5 Å². The highest BCUT2D eigenvalue weighted by atomic mass is 14.6. The highest BCUT2D eigenvalue weighted by Crippen LogP contribution is 2.31. The summed E-state index contributed by atoms with van der Waals surface area (Å²) in [5.74, 6) is 0.589. The fourth-order valence-corrected chi connectivity index (χ4v) is 2.26. The Morgan fingerprint density at radius 3 is 2.80 bits per heavy atom. The van der Waals surface area contributed by atoms with Crippen molar-refractivity contribution in [1.29, 1.82) is 0 Å². The van der Waals surface area contributed by atoms with Gasteiger partial charge in [-0.2, -0.15) is 0 Å². The molecule has 80 valence electrons. The summed E-state index contributed by atoms with van der Waals surface area (Å²) in [6.07, 6.45) is 11.5. The van der Waals surface area contributed by atoms with E-state index in [0.717, 1.165) is 0 Å². The molecule has 0 N–H and O–H groups in total. The van der Waals surface area contributed by atoms with Crippen molar-refractivity contribution in [2.24, 2.45) is 0 Å². The maximum Gasteiger partial charge on any atom is 0.0345 e. The second kappa shape index (κ2) is 4.61. The molecule has 1 aliphatic carbocycles. The lowest BCUT2D eigenvalue weighted by Crippen LogP contribution is -1.99. The Kier molecular flexibility index (Phi) is 3.20. The molecule has 0 spiro atoms. The van der Waals surface area contributed by atoms with E-state index in [2.05, 4.69) is 31.0 Å². The SMILES string of the molecule is CC(C)c1ccncc1C1=CCCCC1. The zero-order valence-corrected chi connectivity index (χ0v) is 9.66. The van der Waals surface area contributed by atoms with Gasteiger partial charge in [0, 0.05) is 12.4 Å². The van der Waals surface area contributed by atoms with Gasteiger partial charge in [-0.25, -0.2) is 0 Å². The lowest BCUT2D eigenvalue weighted by atomic mass is 9.88. The van der Waals surface area contributed by atoms with Crippen LogP contribution in [-0.2, 0) is 0 Å². The molecule has 0 saturated carbocycles. The van der Waals surface area contributed by atoms with Gasteiger partial charge in [-0.05, 0) is 54.4 Å². The average molecular weight is 201 g/mol. The molecule has 1 heterocycles. The van der Waals surface area contributed by atoms with Crippen molar-refractivity contribution in [3.8, 4) is 0 Å². The van der Waals surface area contributed by atoms with Gasteiger partial charge >= 0.3 is 0 Å². The summed E-state index contributed by atoms with van der Waals surface area (Å²) in [5, 5.41) is 0. The molecule has 1 aromatic heterocycles. The molecule has 0 radical (unpaired) electrons. The predicted octanol–water partition coefficient (Wildman–Crippen LogP) is 4.16. The summed E-state index contributed by atoms with van der Waals surface area (Å²) in [4.78, 5) is 4.26. The smallest absolute Gasteiger partial charge is 0.0345 e. The van der Waals surface area contributed by atoms with Crippen LogP contribution in [0.3, 0.4) is 0 Å². The lowest BCUT2D eigenvalue weighted by molar-refractivity contribution is 0.739. The van der Waals surface area contributed by atoms with Gasteiger partial charge in [0.15, 0.2) is 0 Å². The van der Waals surface area contributed by atoms with Gasteiger partial charge < -0.3 is 0 Å². The monoisotopic (exact) mass is 201 g/mol. The minimum absolute atomic E-state index is 0.589. The van der Waals surface area contributed by atoms with Crippen LogP contribution in [-0.4, -0.2) is 4.98 Å². The summed E-state index contributed by atoms with van der Waals surface area (Å²) in [7, 11) is 0. The fourth-order valence-electron chi connectivity index (χ4n) is 2.26. The number of nitrogens with zero attached hydrogens (tertiary/aromatic N) is 1. The second-order valence-corrected chi connectivity index (χ2v) is 4.59. The summed E-state index contributed by atoms with van der Waals surface area (Å²) < 4.78 is 0. The van der Waals surface area contributed by atoms with Crippen molar-refractivity contribution >= 4 is 5.57 Å². The van der Waals surface area contributed by atoms with Gasteiger partial charge in [0.25, 0.3) is 0 Å². The third kappa shape index (κ3) is 2.28. The molecule has 1 nitrogen and oxygen atoms in total. The topological polar surface area (TPSA) is 12.9 Å². The molecule has 0 aromatic carbocycles. The Bertz CT molecular complexity index is 363. The van der Waals surface area contributed by atoms with E-state index in [1.54, 1.807) is 0 Å². The maximum atomic E-state index is 4.26. The van der Waals surface area contributed by atoms with Gasteiger partial charge in [-0.15, -0.1) is 0 Å². The molecule has 1 aromatic rings. The molecule has 0 bridgehead atoms. The standard InChI is InChI=1S/C14H19N/c1-11(2)13-8-9-15-10-14(13)12-6-4-3-5-7-12/h6,8-11H,3-5,7H2,1-2H3. The first-order chi connectivity index (χ1) is 7.29. The quantitative estimate of drug-likeness (QED) is 0.700. The number of aromatic nitrogens is 1. The highest BCUT2D eigenvalue weighted by molar-refractivity contribution is 5.68. The van der Waals surface area contributed by atoms with E-state index in [-0.39, 0.29) is 0 Å². The molecule has 0 amide bonds. The summed E-state index contributed by atoms with van der Waals surface area (Å²) >= 11 is 0.